The number of ether oxygens (including phenoxy) is 18. The molecular weight excluding hydrogens is 1380 g/mol. The third-order valence-electron chi connectivity index (χ3n) is 14.6. The van der Waals surface area contributed by atoms with Crippen molar-refractivity contribution in [2.24, 2.45) is 5.73 Å². The van der Waals surface area contributed by atoms with Gasteiger partial charge in [-0.05, 0) is 54.6 Å². The number of hydrogen-bond donors (Lipinski definition) is 5. The number of nitrogens with two attached hydrogens (primary N) is 1. The van der Waals surface area contributed by atoms with E-state index in [1.54, 1.807) is 0 Å². The lowest BCUT2D eigenvalue weighted by Crippen LogP contribution is -2.44. The van der Waals surface area contributed by atoms with E-state index in [-0.39, 0.29) is 82.1 Å². The van der Waals surface area contributed by atoms with Gasteiger partial charge in [-0.2, -0.15) is 0 Å². The predicted octanol–water partition coefficient (Wildman–Crippen LogP) is 3.54. The first-order valence-electron chi connectivity index (χ1n) is 36.1. The molecule has 105 heavy (non-hydrogen) atoms. The van der Waals surface area contributed by atoms with Crippen molar-refractivity contribution in [2.75, 3.05) is 269 Å². The summed E-state index contributed by atoms with van der Waals surface area (Å²) in [7, 11) is 0. The highest BCUT2D eigenvalue weighted by Crippen LogP contribution is 2.28. The normalized spacial score (nSPS) is 11.7. The van der Waals surface area contributed by atoms with Crippen molar-refractivity contribution in [1.82, 2.24) is 16.0 Å². The molecule has 34 heteroatoms. The van der Waals surface area contributed by atoms with E-state index in [2.05, 4.69) is 27.3 Å². The Morgan fingerprint density at radius 1 is 0.381 bits per heavy atom. The van der Waals surface area contributed by atoms with E-state index >= 15 is 0 Å². The quantitative estimate of drug-likeness (QED) is 0.0306. The van der Waals surface area contributed by atoms with Crippen molar-refractivity contribution in [3.05, 3.63) is 86.5 Å². The number of non-ortho nitro benzene ring substituents is 1. The minimum atomic E-state index is -0.848. The lowest BCUT2D eigenvalue weighted by molar-refractivity contribution is -0.393. The van der Waals surface area contributed by atoms with Gasteiger partial charge in [-0.1, -0.05) is 42.5 Å². The number of anilines is 1. The molecule has 3 rings (SSSR count). The van der Waals surface area contributed by atoms with Crippen molar-refractivity contribution in [2.45, 2.75) is 63.8 Å². The van der Waals surface area contributed by atoms with Gasteiger partial charge in [0.2, 0.25) is 17.7 Å². The van der Waals surface area contributed by atoms with Crippen molar-refractivity contribution < 1.29 is 119 Å². The van der Waals surface area contributed by atoms with Crippen LogP contribution in [0.2, 0.25) is 0 Å². The zero-order valence-corrected chi connectivity index (χ0v) is 61.0. The lowest BCUT2D eigenvalue weighted by Gasteiger charge is -2.15. The Morgan fingerprint density at radius 2 is 0.790 bits per heavy atom. The average Bonchev–Trinajstić information content (AvgIpc) is 0.856. The highest BCUT2D eigenvalue weighted by Gasteiger charge is 2.20. The number of nitrogens with one attached hydrogen (secondary N) is 4. The zero-order valence-electron chi connectivity index (χ0n) is 61.0. The number of primary amides is 1. The molecule has 0 saturated carbocycles. The standard InChI is InChI=1S/C71H115N7O27/c72-71(83)67(76-69(81)16-23-91-27-30-92-24-18-74-66-13-12-63(77(84)85)58-68(66)78(86)87)9-3-4-17-73-59-65(80)15-22-90-29-34-96-38-42-100-46-50-104-53-52-102-48-44-98-40-36-94-32-26-88-20-5-8-64(79)14-21-89-28-33-95-37-41-99-45-49-103-54-55-105-51-47-101-43-39-97-35-31-93-25-19-75-70(82)57-60-10-11-61-6-1-2-7-62(61)56-60/h1-2,6-7,10-13,56,58,67,73-74H,3-5,8-9,14-55,57,59H2,(H2,72,83)(H,75,82)(H,76,81). The first-order chi connectivity index (χ1) is 51.4. The monoisotopic (exact) mass is 1500 g/mol. The molecule has 3 amide bonds. The summed E-state index contributed by atoms with van der Waals surface area (Å²) in [4.78, 5) is 81.7. The lowest BCUT2D eigenvalue weighted by atomic mass is 10.1. The maximum atomic E-state index is 12.4. The number of benzene rings is 3. The number of carbonyl (C=O) groups excluding carboxylic acids is 5. The molecule has 596 valence electrons. The maximum Gasteiger partial charge on any atom is 0.299 e. The molecule has 34 nitrogen and oxygen atoms in total. The van der Waals surface area contributed by atoms with E-state index in [1.807, 2.05) is 36.4 Å². The van der Waals surface area contributed by atoms with Crippen molar-refractivity contribution in [3.63, 3.8) is 0 Å². The number of nitro benzene ring substituents is 2. The Kier molecular flexibility index (Phi) is 59.1. The Labute approximate surface area is 615 Å². The van der Waals surface area contributed by atoms with Crippen LogP contribution in [0.25, 0.3) is 10.8 Å². The second-order valence-corrected chi connectivity index (χ2v) is 23.0. The smallest absolute Gasteiger partial charge is 0.299 e. The summed E-state index contributed by atoms with van der Waals surface area (Å²) in [6.07, 6.45) is 3.56. The van der Waals surface area contributed by atoms with E-state index in [4.69, 9.17) is 91.0 Å². The van der Waals surface area contributed by atoms with Gasteiger partial charge in [-0.25, -0.2) is 0 Å². The first kappa shape index (κ1) is 92.7. The first-order valence-corrected chi connectivity index (χ1v) is 36.1. The molecule has 0 bridgehead atoms. The fourth-order valence-electron chi connectivity index (χ4n) is 9.16. The van der Waals surface area contributed by atoms with E-state index < -0.39 is 39.1 Å². The largest absolute Gasteiger partial charge is 0.379 e. The van der Waals surface area contributed by atoms with E-state index in [9.17, 15) is 44.2 Å². The van der Waals surface area contributed by atoms with Crippen molar-refractivity contribution >= 4 is 57.1 Å². The summed E-state index contributed by atoms with van der Waals surface area (Å²) >= 11 is 0. The fourth-order valence-corrected chi connectivity index (χ4v) is 9.16. The number of nitrogens with zero attached hydrogens (tertiary/aromatic N) is 2. The van der Waals surface area contributed by atoms with Gasteiger partial charge in [-0.15, -0.1) is 0 Å². The van der Waals surface area contributed by atoms with E-state index in [1.165, 1.54) is 6.07 Å². The highest BCUT2D eigenvalue weighted by atomic mass is 16.6. The predicted molar refractivity (Wildman–Crippen MR) is 385 cm³/mol. The number of fused-ring (bicyclic) bond motifs is 1. The van der Waals surface area contributed by atoms with Crippen LogP contribution in [0.5, 0.6) is 0 Å². The van der Waals surface area contributed by atoms with E-state index in [0.717, 1.165) is 28.5 Å². The topological polar surface area (TPSA) is 412 Å². The molecule has 1 unspecified atom stereocenters. The maximum absolute atomic E-state index is 12.4. The zero-order chi connectivity index (χ0) is 75.4. The molecule has 0 fully saturated rings. The van der Waals surface area contributed by atoms with Crippen LogP contribution in [0.3, 0.4) is 0 Å². The second-order valence-electron chi connectivity index (χ2n) is 23.0. The molecule has 0 radical (unpaired) electrons. The fraction of sp³-hybridized carbons (Fsp3) is 0.704. The van der Waals surface area contributed by atoms with Gasteiger partial charge < -0.3 is 112 Å². The number of unbranched alkanes of at least 4 members (excludes halogenated alkanes) is 1. The number of Topliss-reactive ketones (excluding diaryl/α,β-unsaturated/α-hetero) is 2. The number of amides is 3. The molecule has 0 heterocycles. The van der Waals surface area contributed by atoms with Gasteiger partial charge in [0.1, 0.15) is 23.3 Å². The van der Waals surface area contributed by atoms with Gasteiger partial charge in [0.05, 0.1) is 260 Å². The molecule has 0 aliphatic carbocycles. The SMILES string of the molecule is NC(=O)C(CCCCNCC(=O)CCOCCOCCOCCOCCOCCOCCOCCOCCCC(=O)CCOCCOCCOCCOCCOCCOCCOCCOCCNC(=O)Cc1ccc2ccccc2c1)NC(=O)CCOCCOCCNc1ccc([N+](=O)[O-])cc1[N+](=O)[O-]. The van der Waals surface area contributed by atoms with E-state index in [0.29, 0.717) is 263 Å². The number of hydrogen-bond acceptors (Lipinski definition) is 29. The van der Waals surface area contributed by atoms with Gasteiger partial charge >= 0.3 is 0 Å². The van der Waals surface area contributed by atoms with Crippen LogP contribution in [-0.2, 0) is 116 Å². The number of ketones is 2. The molecule has 0 aliphatic heterocycles. The van der Waals surface area contributed by atoms with Crippen LogP contribution >= 0.6 is 0 Å². The Balaban J connectivity index is 0.901. The molecule has 0 saturated heterocycles. The summed E-state index contributed by atoms with van der Waals surface area (Å²) in [5.74, 6) is -0.972. The van der Waals surface area contributed by atoms with Crippen molar-refractivity contribution in [3.8, 4) is 0 Å². The summed E-state index contributed by atoms with van der Waals surface area (Å²) < 4.78 is 99.2. The minimum absolute atomic E-state index is 0.00603. The van der Waals surface area contributed by atoms with Crippen LogP contribution in [0, 0.1) is 20.2 Å². The third-order valence-corrected chi connectivity index (χ3v) is 14.6. The molecule has 1 atom stereocenters. The summed E-state index contributed by atoms with van der Waals surface area (Å²) in [6.45, 7) is 15.5. The summed E-state index contributed by atoms with van der Waals surface area (Å²) in [5.41, 5.74) is 5.78. The molecule has 6 N–H and O–H groups in total. The number of carbonyl (C=O) groups is 5. The minimum Gasteiger partial charge on any atom is -0.379 e. The van der Waals surface area contributed by atoms with Crippen LogP contribution < -0.4 is 27.0 Å². The Morgan fingerprint density at radius 3 is 1.24 bits per heavy atom. The average molecular weight is 1500 g/mol. The Bertz CT molecular complexity index is 2730. The molecule has 0 aromatic heterocycles. The van der Waals surface area contributed by atoms with Crippen LogP contribution in [0.15, 0.2) is 60.7 Å². The number of nitro groups is 2. The van der Waals surface area contributed by atoms with Crippen LogP contribution in [-0.4, -0.2) is 309 Å². The molecular formula is C71H115N7O27. The Hall–Kier alpha value is -6.49. The van der Waals surface area contributed by atoms with Gasteiger partial charge in [0.25, 0.3) is 11.4 Å². The molecule has 0 spiro atoms. The highest BCUT2D eigenvalue weighted by molar-refractivity contribution is 5.87. The van der Waals surface area contributed by atoms with Gasteiger partial charge in [0, 0.05) is 51.4 Å². The summed E-state index contributed by atoms with van der Waals surface area (Å²) in [5, 5.41) is 35.8. The molecule has 0 aliphatic rings. The van der Waals surface area contributed by atoms with Crippen LogP contribution in [0.1, 0.15) is 56.9 Å². The van der Waals surface area contributed by atoms with Crippen molar-refractivity contribution in [1.29, 1.82) is 0 Å². The number of rotatable bonds is 78. The van der Waals surface area contributed by atoms with Crippen LogP contribution in [0.4, 0.5) is 17.1 Å². The van der Waals surface area contributed by atoms with Gasteiger partial charge in [-0.3, -0.25) is 44.2 Å². The second kappa shape index (κ2) is 66.9. The molecule has 3 aromatic rings. The summed E-state index contributed by atoms with van der Waals surface area (Å²) in [6, 6.07) is 16.6. The third kappa shape index (κ3) is 54.7. The molecule has 3 aromatic carbocycles. The van der Waals surface area contributed by atoms with Gasteiger partial charge in [0.15, 0.2) is 0 Å².